The molecule has 3 N–H and O–H groups in total. The summed E-state index contributed by atoms with van der Waals surface area (Å²) in [4.78, 5) is 25.1. The molecule has 0 radical (unpaired) electrons. The highest BCUT2D eigenvalue weighted by atomic mass is 35.5. The number of halogens is 2. The van der Waals surface area contributed by atoms with Crippen molar-refractivity contribution in [3.8, 4) is 0 Å². The first kappa shape index (κ1) is 29.4. The number of likely N-dealkylation sites (tertiary alicyclic amines) is 1. The van der Waals surface area contributed by atoms with Crippen LogP contribution in [0, 0.1) is 23.2 Å². The van der Waals surface area contributed by atoms with Gasteiger partial charge in [0.15, 0.2) is 5.96 Å². The number of benzene rings is 2. The summed E-state index contributed by atoms with van der Waals surface area (Å²) in [6.07, 6.45) is 4.43. The summed E-state index contributed by atoms with van der Waals surface area (Å²) in [5, 5.41) is 25.7. The summed E-state index contributed by atoms with van der Waals surface area (Å²) >= 11 is 12.3. The monoisotopic (exact) mass is 611 g/mol. The van der Waals surface area contributed by atoms with Crippen molar-refractivity contribution >= 4 is 45.8 Å². The van der Waals surface area contributed by atoms with Gasteiger partial charge in [-0.1, -0.05) is 50.0 Å². The van der Waals surface area contributed by atoms with Gasteiger partial charge in [0, 0.05) is 28.8 Å². The summed E-state index contributed by atoms with van der Waals surface area (Å²) in [5.74, 6) is 2.41. The molecule has 3 aliphatic carbocycles. The van der Waals surface area contributed by atoms with Crippen molar-refractivity contribution in [1.29, 1.82) is 0 Å². The Balaban J connectivity index is 1.25. The molecule has 2 bridgehead atoms. The molecular weight excluding hydrogens is 573 g/mol. The van der Waals surface area contributed by atoms with Crippen LogP contribution in [0.3, 0.4) is 0 Å². The van der Waals surface area contributed by atoms with E-state index < -0.39 is 6.10 Å². The number of nitrogens with zero attached hydrogens (tertiary/aromatic N) is 4. The number of aryl methyl sites for hydroxylation is 2. The van der Waals surface area contributed by atoms with Crippen LogP contribution >= 0.6 is 23.2 Å². The van der Waals surface area contributed by atoms with Gasteiger partial charge in [-0.25, -0.2) is 9.98 Å². The quantitative estimate of drug-likeness (QED) is 0.261. The van der Waals surface area contributed by atoms with Crippen molar-refractivity contribution in [1.82, 2.24) is 14.5 Å². The first-order valence-electron chi connectivity index (χ1n) is 14.9. The number of hydrogen-bond acceptors (Lipinski definition) is 5. The van der Waals surface area contributed by atoms with Gasteiger partial charge in [-0.15, -0.1) is 0 Å². The second-order valence-electron chi connectivity index (χ2n) is 12.9. The molecule has 8 nitrogen and oxygen atoms in total. The molecule has 0 amide bonds. The molecule has 2 aromatic carbocycles. The van der Waals surface area contributed by atoms with Gasteiger partial charge in [-0.05, 0) is 84.7 Å². The van der Waals surface area contributed by atoms with E-state index in [1.165, 1.54) is 6.42 Å². The van der Waals surface area contributed by atoms with Gasteiger partial charge in [0.25, 0.3) is 5.56 Å². The maximum atomic E-state index is 13.3. The SMILES string of the molecule is C[C@@H]1C(N=C(Nc2ccc3c(=O)n(CCc4ccc(Cl)cc4Cl)cnc3c2)N2C[C@H](O)C[C@@H]2CO)C[C@@H]2C[C@H]1C2(C)C. The van der Waals surface area contributed by atoms with E-state index in [4.69, 9.17) is 28.2 Å². The third kappa shape index (κ3) is 5.43. The van der Waals surface area contributed by atoms with Gasteiger partial charge in [-0.2, -0.15) is 0 Å². The molecule has 2 heterocycles. The van der Waals surface area contributed by atoms with E-state index in [0.717, 1.165) is 17.7 Å². The Bertz CT molecular complexity index is 1570. The van der Waals surface area contributed by atoms with Gasteiger partial charge in [0.1, 0.15) is 0 Å². The van der Waals surface area contributed by atoms with E-state index >= 15 is 0 Å². The molecule has 224 valence electrons. The fraction of sp³-hybridized carbons (Fsp3) is 0.531. The van der Waals surface area contributed by atoms with Crippen LogP contribution < -0.4 is 10.9 Å². The summed E-state index contributed by atoms with van der Waals surface area (Å²) in [5.41, 5.74) is 2.49. The number of aromatic nitrogens is 2. The van der Waals surface area contributed by atoms with Crippen LogP contribution in [0.5, 0.6) is 0 Å². The van der Waals surface area contributed by atoms with Gasteiger partial charge >= 0.3 is 0 Å². The van der Waals surface area contributed by atoms with Gasteiger partial charge in [0.05, 0.1) is 42.0 Å². The highest BCUT2D eigenvalue weighted by Gasteiger charge is 2.56. The van der Waals surface area contributed by atoms with Crippen molar-refractivity contribution in [2.75, 3.05) is 18.5 Å². The second-order valence-corrected chi connectivity index (χ2v) is 13.8. The number of β-amino-alcohol motifs (C(OH)–C–C–N with tert-alkyl or cyclic N) is 1. The van der Waals surface area contributed by atoms with Crippen molar-refractivity contribution < 1.29 is 10.2 Å². The lowest BCUT2D eigenvalue weighted by atomic mass is 9.45. The van der Waals surface area contributed by atoms with Gasteiger partial charge < -0.3 is 20.4 Å². The number of nitrogens with one attached hydrogen (secondary N) is 1. The molecule has 3 aromatic rings. The molecule has 7 rings (SSSR count). The summed E-state index contributed by atoms with van der Waals surface area (Å²) in [7, 11) is 0. The number of aliphatic hydroxyl groups is 2. The highest BCUT2D eigenvalue weighted by molar-refractivity contribution is 6.35. The molecule has 0 spiro atoms. The predicted octanol–water partition coefficient (Wildman–Crippen LogP) is 5.21. The molecule has 10 heteroatoms. The largest absolute Gasteiger partial charge is 0.394 e. The maximum Gasteiger partial charge on any atom is 0.261 e. The average molecular weight is 613 g/mol. The topological polar surface area (TPSA) is 103 Å². The molecule has 1 aliphatic heterocycles. The minimum absolute atomic E-state index is 0.0592. The van der Waals surface area contributed by atoms with E-state index in [1.807, 2.05) is 23.1 Å². The molecule has 6 atom stereocenters. The minimum Gasteiger partial charge on any atom is -0.394 e. The molecular formula is C32H39Cl2N5O3. The third-order valence-corrected chi connectivity index (χ3v) is 10.8. The van der Waals surface area contributed by atoms with Crippen molar-refractivity contribution in [2.24, 2.45) is 28.2 Å². The molecule has 4 fully saturated rings. The van der Waals surface area contributed by atoms with E-state index in [9.17, 15) is 15.0 Å². The number of anilines is 1. The predicted molar refractivity (Wildman–Crippen MR) is 168 cm³/mol. The Morgan fingerprint density at radius 2 is 1.98 bits per heavy atom. The van der Waals surface area contributed by atoms with Gasteiger partial charge in [0.2, 0.25) is 0 Å². The van der Waals surface area contributed by atoms with Crippen LogP contribution in [-0.2, 0) is 13.0 Å². The molecule has 3 saturated carbocycles. The summed E-state index contributed by atoms with van der Waals surface area (Å²) < 4.78 is 1.60. The number of rotatable bonds is 6. The maximum absolute atomic E-state index is 13.3. The van der Waals surface area contributed by atoms with Crippen LogP contribution in [0.2, 0.25) is 10.0 Å². The highest BCUT2D eigenvalue weighted by Crippen LogP contribution is 2.61. The van der Waals surface area contributed by atoms with Crippen LogP contribution in [0.25, 0.3) is 10.9 Å². The lowest BCUT2D eigenvalue weighted by Crippen LogP contribution is -2.56. The van der Waals surface area contributed by atoms with Crippen LogP contribution in [-0.4, -0.2) is 62.0 Å². The average Bonchev–Trinajstić information content (AvgIpc) is 3.34. The van der Waals surface area contributed by atoms with Crippen LogP contribution in [0.1, 0.15) is 45.6 Å². The standard InChI is InChI=1S/C32H39Cl2N5O3/c1-18-26-10-20(32(26,2)3)11-28(18)37-31(39-15-24(41)14-23(39)16-40)36-22-6-7-25-29(13-22)35-17-38(30(25)42)9-8-19-4-5-21(33)12-27(19)34/h4-7,12-13,17-18,20,23-24,26,28,40-41H,8-11,14-16H2,1-3H3,(H,36,37)/t18-,20-,23+,24+,26+,28?/m0/s1. The normalized spacial score (nSPS) is 28.6. The van der Waals surface area contributed by atoms with Crippen molar-refractivity contribution in [2.45, 2.75) is 71.2 Å². The Kier molecular flexibility index (Phi) is 8.02. The molecule has 1 unspecified atom stereocenters. The summed E-state index contributed by atoms with van der Waals surface area (Å²) in [6.45, 7) is 7.85. The Morgan fingerprint density at radius 3 is 2.69 bits per heavy atom. The number of aliphatic imine (C=N–C) groups is 1. The first-order valence-corrected chi connectivity index (χ1v) is 15.6. The van der Waals surface area contributed by atoms with Crippen LogP contribution in [0.4, 0.5) is 5.69 Å². The van der Waals surface area contributed by atoms with Gasteiger partial charge in [-0.3, -0.25) is 9.36 Å². The van der Waals surface area contributed by atoms with E-state index in [1.54, 1.807) is 29.1 Å². The second kappa shape index (κ2) is 11.5. The first-order chi connectivity index (χ1) is 20.0. The molecule has 1 saturated heterocycles. The lowest BCUT2D eigenvalue weighted by molar-refractivity contribution is -0.108. The number of fused-ring (bicyclic) bond motifs is 3. The van der Waals surface area contributed by atoms with E-state index in [0.29, 0.717) is 76.0 Å². The molecule has 1 aromatic heterocycles. The van der Waals surface area contributed by atoms with Crippen LogP contribution in [0.15, 0.2) is 52.5 Å². The number of guanidine groups is 1. The smallest absolute Gasteiger partial charge is 0.261 e. The Hall–Kier alpha value is -2.65. The zero-order valence-electron chi connectivity index (χ0n) is 24.3. The zero-order chi connectivity index (χ0) is 29.8. The zero-order valence-corrected chi connectivity index (χ0v) is 25.8. The fourth-order valence-corrected chi connectivity index (χ4v) is 7.95. The van der Waals surface area contributed by atoms with E-state index in [2.05, 4.69) is 31.1 Å². The van der Waals surface area contributed by atoms with Crippen molar-refractivity contribution in [3.05, 3.63) is 68.7 Å². The number of aliphatic hydroxyl groups excluding tert-OH is 2. The lowest BCUT2D eigenvalue weighted by Gasteiger charge is -2.61. The Morgan fingerprint density at radius 1 is 1.17 bits per heavy atom. The minimum atomic E-state index is -0.523. The molecule has 4 aliphatic rings. The third-order valence-electron chi connectivity index (χ3n) is 10.2. The molecule has 42 heavy (non-hydrogen) atoms. The van der Waals surface area contributed by atoms with E-state index in [-0.39, 0.29) is 24.2 Å². The fourth-order valence-electron chi connectivity index (χ4n) is 7.44. The van der Waals surface area contributed by atoms with Crippen molar-refractivity contribution in [3.63, 3.8) is 0 Å². The Labute approximate surface area is 256 Å². The summed E-state index contributed by atoms with van der Waals surface area (Å²) in [6, 6.07) is 10.8. The number of hydrogen-bond donors (Lipinski definition) is 3.